The molecule has 5 nitrogen and oxygen atoms in total. The number of halogens is 4. The lowest BCUT2D eigenvalue weighted by molar-refractivity contribution is -0.143. The molecule has 1 aromatic rings. The van der Waals surface area contributed by atoms with Crippen LogP contribution in [0.1, 0.15) is 12.0 Å². The van der Waals surface area contributed by atoms with E-state index in [9.17, 15) is 13.2 Å². The highest BCUT2D eigenvalue weighted by molar-refractivity contribution is 14.0. The normalized spacial score (nSPS) is 18.1. The summed E-state index contributed by atoms with van der Waals surface area (Å²) in [4.78, 5) is 5.63. The number of benzene rings is 1. The van der Waals surface area contributed by atoms with Crippen molar-refractivity contribution in [2.75, 3.05) is 46.9 Å². The molecule has 9 heteroatoms. The van der Waals surface area contributed by atoms with Crippen LogP contribution < -0.4 is 15.4 Å². The molecule has 1 unspecified atom stereocenters. The van der Waals surface area contributed by atoms with Crippen LogP contribution >= 0.6 is 24.0 Å². The second-order valence-corrected chi connectivity index (χ2v) is 6.45. The van der Waals surface area contributed by atoms with Gasteiger partial charge in [0.05, 0.1) is 13.7 Å². The summed E-state index contributed by atoms with van der Waals surface area (Å²) in [6, 6.07) is 7.84. The Hall–Kier alpha value is -1.23. The number of methoxy groups -OCH3 is 1. The maximum atomic E-state index is 12.4. The van der Waals surface area contributed by atoms with Gasteiger partial charge in [0.1, 0.15) is 5.75 Å². The average Bonchev–Trinajstić information content (AvgIpc) is 3.03. The lowest BCUT2D eigenvalue weighted by Crippen LogP contribution is -2.41. The van der Waals surface area contributed by atoms with Crippen molar-refractivity contribution in [3.63, 3.8) is 0 Å². The van der Waals surface area contributed by atoms with Crippen LogP contribution in [0.25, 0.3) is 0 Å². The number of hydrogen-bond acceptors (Lipinski definition) is 3. The highest BCUT2D eigenvalue weighted by Gasteiger charge is 2.34. The van der Waals surface area contributed by atoms with Gasteiger partial charge >= 0.3 is 6.18 Å². The number of aliphatic imine (C=N–C) groups is 1. The SMILES string of the molecule is CN=C(NCCc1ccccc1OC)NCC1CCN(CC(F)(F)F)C1.I. The molecule has 1 saturated heterocycles. The minimum absolute atomic E-state index is 0. The fourth-order valence-corrected chi connectivity index (χ4v) is 3.16. The molecule has 1 aromatic carbocycles. The Balaban J connectivity index is 0.00000364. The van der Waals surface area contributed by atoms with E-state index in [0.29, 0.717) is 32.1 Å². The summed E-state index contributed by atoms with van der Waals surface area (Å²) >= 11 is 0. The van der Waals surface area contributed by atoms with Gasteiger partial charge in [-0.25, -0.2) is 0 Å². The van der Waals surface area contributed by atoms with Crippen LogP contribution in [0.4, 0.5) is 13.2 Å². The first-order valence-electron chi connectivity index (χ1n) is 8.77. The predicted octanol–water partition coefficient (Wildman–Crippen LogP) is 2.90. The minimum Gasteiger partial charge on any atom is -0.496 e. The topological polar surface area (TPSA) is 48.9 Å². The Kier molecular flexibility index (Phi) is 10.2. The minimum atomic E-state index is -4.13. The molecule has 2 rings (SSSR count). The molecule has 0 saturated carbocycles. The molecule has 1 aliphatic rings. The summed E-state index contributed by atoms with van der Waals surface area (Å²) in [6.07, 6.45) is -2.58. The van der Waals surface area contributed by atoms with E-state index < -0.39 is 12.7 Å². The van der Waals surface area contributed by atoms with Gasteiger partial charge < -0.3 is 15.4 Å². The van der Waals surface area contributed by atoms with Gasteiger partial charge in [0.15, 0.2) is 5.96 Å². The Morgan fingerprint density at radius 3 is 2.70 bits per heavy atom. The van der Waals surface area contributed by atoms with Crippen molar-refractivity contribution >= 4 is 29.9 Å². The summed E-state index contributed by atoms with van der Waals surface area (Å²) in [5.74, 6) is 1.72. The van der Waals surface area contributed by atoms with Crippen molar-refractivity contribution in [1.29, 1.82) is 0 Å². The molecule has 2 N–H and O–H groups in total. The van der Waals surface area contributed by atoms with E-state index in [2.05, 4.69) is 15.6 Å². The van der Waals surface area contributed by atoms with Gasteiger partial charge in [-0.1, -0.05) is 18.2 Å². The Morgan fingerprint density at radius 1 is 1.30 bits per heavy atom. The third-order valence-corrected chi connectivity index (χ3v) is 4.43. The molecule has 1 aliphatic heterocycles. The standard InChI is InChI=1S/C18H27F3N4O.HI/c1-22-17(23-9-7-15-5-3-4-6-16(15)26-2)24-11-14-8-10-25(12-14)13-18(19,20)21;/h3-6,14H,7-13H2,1-2H3,(H2,22,23,24);1H. The van der Waals surface area contributed by atoms with Crippen LogP contribution in [0.5, 0.6) is 5.75 Å². The Morgan fingerprint density at radius 2 is 2.04 bits per heavy atom. The smallest absolute Gasteiger partial charge is 0.401 e. The van der Waals surface area contributed by atoms with Crippen LogP contribution in [-0.4, -0.2) is 63.9 Å². The fraction of sp³-hybridized carbons (Fsp3) is 0.611. The Labute approximate surface area is 175 Å². The summed E-state index contributed by atoms with van der Waals surface area (Å²) in [6.45, 7) is 1.43. The van der Waals surface area contributed by atoms with Crippen molar-refractivity contribution < 1.29 is 17.9 Å². The van der Waals surface area contributed by atoms with E-state index in [0.717, 1.165) is 24.2 Å². The van der Waals surface area contributed by atoms with Crippen molar-refractivity contribution in [2.45, 2.75) is 19.0 Å². The third kappa shape index (κ3) is 8.54. The first-order chi connectivity index (χ1) is 12.4. The van der Waals surface area contributed by atoms with Crippen molar-refractivity contribution in [2.24, 2.45) is 10.9 Å². The van der Waals surface area contributed by atoms with Gasteiger partial charge in [0, 0.05) is 26.7 Å². The van der Waals surface area contributed by atoms with E-state index in [4.69, 9.17) is 4.74 Å². The predicted molar refractivity (Wildman–Crippen MR) is 112 cm³/mol. The number of hydrogen-bond donors (Lipinski definition) is 2. The van der Waals surface area contributed by atoms with Crippen LogP contribution in [0.3, 0.4) is 0 Å². The first kappa shape index (κ1) is 23.8. The zero-order valence-corrected chi connectivity index (χ0v) is 18.0. The molecule has 154 valence electrons. The van der Waals surface area contributed by atoms with Gasteiger partial charge in [-0.3, -0.25) is 9.89 Å². The first-order valence-corrected chi connectivity index (χ1v) is 8.77. The molecule has 0 amide bonds. The monoisotopic (exact) mass is 500 g/mol. The van der Waals surface area contributed by atoms with Gasteiger partial charge in [-0.05, 0) is 36.9 Å². The molecule has 0 radical (unpaired) electrons. The molecular weight excluding hydrogens is 472 g/mol. The van der Waals surface area contributed by atoms with Gasteiger partial charge in [0.25, 0.3) is 0 Å². The highest BCUT2D eigenvalue weighted by Crippen LogP contribution is 2.22. The van der Waals surface area contributed by atoms with Crippen molar-refractivity contribution in [3.8, 4) is 5.75 Å². The van der Waals surface area contributed by atoms with Gasteiger partial charge in [0.2, 0.25) is 0 Å². The van der Waals surface area contributed by atoms with Crippen LogP contribution in [0.15, 0.2) is 29.3 Å². The number of nitrogens with one attached hydrogen (secondary N) is 2. The maximum Gasteiger partial charge on any atom is 0.401 e. The lowest BCUT2D eigenvalue weighted by Gasteiger charge is -2.18. The van der Waals surface area contributed by atoms with Gasteiger partial charge in [-0.2, -0.15) is 13.2 Å². The summed E-state index contributed by atoms with van der Waals surface area (Å²) in [7, 11) is 3.33. The number of alkyl halides is 3. The quantitative estimate of drug-likeness (QED) is 0.344. The summed E-state index contributed by atoms with van der Waals surface area (Å²) < 4.78 is 42.7. The molecule has 0 aromatic heterocycles. The molecule has 0 spiro atoms. The van der Waals surface area contributed by atoms with E-state index in [1.165, 1.54) is 4.90 Å². The molecule has 0 aliphatic carbocycles. The number of rotatable bonds is 7. The van der Waals surface area contributed by atoms with E-state index in [-0.39, 0.29) is 29.9 Å². The van der Waals surface area contributed by atoms with Crippen molar-refractivity contribution in [3.05, 3.63) is 29.8 Å². The number of ether oxygens (including phenoxy) is 1. The summed E-state index contributed by atoms with van der Waals surface area (Å²) in [5, 5.41) is 6.44. The molecule has 1 fully saturated rings. The van der Waals surface area contributed by atoms with Crippen LogP contribution in [0, 0.1) is 5.92 Å². The molecular formula is C18H28F3IN4O. The average molecular weight is 500 g/mol. The van der Waals surface area contributed by atoms with E-state index in [1.54, 1.807) is 14.2 Å². The molecule has 0 bridgehead atoms. The highest BCUT2D eigenvalue weighted by atomic mass is 127. The van der Waals surface area contributed by atoms with E-state index >= 15 is 0 Å². The number of nitrogens with zero attached hydrogens (tertiary/aromatic N) is 2. The van der Waals surface area contributed by atoms with Crippen LogP contribution in [0.2, 0.25) is 0 Å². The van der Waals surface area contributed by atoms with Crippen LogP contribution in [-0.2, 0) is 6.42 Å². The fourth-order valence-electron chi connectivity index (χ4n) is 3.16. The molecule has 27 heavy (non-hydrogen) atoms. The zero-order valence-electron chi connectivity index (χ0n) is 15.7. The largest absolute Gasteiger partial charge is 0.496 e. The maximum absolute atomic E-state index is 12.4. The second-order valence-electron chi connectivity index (χ2n) is 6.45. The lowest BCUT2D eigenvalue weighted by atomic mass is 10.1. The summed E-state index contributed by atoms with van der Waals surface area (Å²) in [5.41, 5.74) is 1.11. The molecule has 1 atom stereocenters. The number of para-hydroxylation sites is 1. The zero-order chi connectivity index (χ0) is 19.0. The second kappa shape index (κ2) is 11.6. The van der Waals surface area contributed by atoms with E-state index in [1.807, 2.05) is 24.3 Å². The number of likely N-dealkylation sites (tertiary alicyclic amines) is 1. The molecule has 1 heterocycles. The van der Waals surface area contributed by atoms with Gasteiger partial charge in [-0.15, -0.1) is 24.0 Å². The Bertz CT molecular complexity index is 598. The number of guanidine groups is 1. The third-order valence-electron chi connectivity index (χ3n) is 4.43. The van der Waals surface area contributed by atoms with Crippen molar-refractivity contribution in [1.82, 2.24) is 15.5 Å².